The monoisotopic (exact) mass is 537 g/mol. The van der Waals surface area contributed by atoms with E-state index in [2.05, 4.69) is 15.6 Å². The minimum Gasteiger partial charge on any atom is -0.401 e. The van der Waals surface area contributed by atoms with E-state index in [0.29, 0.717) is 24.3 Å². The molecule has 3 aromatic rings. The van der Waals surface area contributed by atoms with Crippen molar-refractivity contribution >= 4 is 18.0 Å². The predicted molar refractivity (Wildman–Crippen MR) is 150 cm³/mol. The maximum absolute atomic E-state index is 14.2. The van der Waals surface area contributed by atoms with Gasteiger partial charge in [0.2, 0.25) is 12.3 Å². The summed E-state index contributed by atoms with van der Waals surface area (Å²) in [5, 5.41) is 6.55. The number of carbonyl (C=O) groups is 2. The Morgan fingerprint density at radius 1 is 1.18 bits per heavy atom. The first-order valence-electron chi connectivity index (χ1n) is 12.4. The summed E-state index contributed by atoms with van der Waals surface area (Å²) in [6, 6.07) is 17.9. The molecular formula is C28H36FN7O3. The fraction of sp³-hybridized carbons (Fsp3) is 0.286. The Hall–Kier alpha value is -4.51. The molecule has 0 aliphatic rings. The van der Waals surface area contributed by atoms with E-state index in [0.717, 1.165) is 17.0 Å². The molecule has 208 valence electrons. The molecule has 0 aliphatic heterocycles. The maximum atomic E-state index is 14.2. The van der Waals surface area contributed by atoms with Crippen LogP contribution >= 0.6 is 0 Å². The Kier molecular flexibility index (Phi) is 12.9. The summed E-state index contributed by atoms with van der Waals surface area (Å²) < 4.78 is 15.4. The van der Waals surface area contributed by atoms with E-state index in [1.165, 1.54) is 28.0 Å². The van der Waals surface area contributed by atoms with Crippen molar-refractivity contribution in [1.29, 1.82) is 0 Å². The number of hydrogen-bond donors (Lipinski definition) is 4. The molecule has 6 N–H and O–H groups in total. The van der Waals surface area contributed by atoms with Gasteiger partial charge < -0.3 is 25.9 Å². The number of halogens is 1. The lowest BCUT2D eigenvalue weighted by Crippen LogP contribution is -2.31. The minimum absolute atomic E-state index is 0.0871. The van der Waals surface area contributed by atoms with Crippen molar-refractivity contribution in [2.45, 2.75) is 46.0 Å². The van der Waals surface area contributed by atoms with Crippen molar-refractivity contribution in [2.24, 2.45) is 11.6 Å². The van der Waals surface area contributed by atoms with Crippen molar-refractivity contribution in [3.05, 3.63) is 106 Å². The van der Waals surface area contributed by atoms with Crippen LogP contribution in [0.1, 0.15) is 30.3 Å². The zero-order valence-corrected chi connectivity index (χ0v) is 22.2. The summed E-state index contributed by atoms with van der Waals surface area (Å²) in [5.41, 5.74) is 8.76. The molecule has 11 heteroatoms. The average Bonchev–Trinajstić information content (AvgIpc) is 2.88. The van der Waals surface area contributed by atoms with Crippen LogP contribution in [-0.4, -0.2) is 39.6 Å². The van der Waals surface area contributed by atoms with E-state index in [1.807, 2.05) is 55.5 Å². The van der Waals surface area contributed by atoms with Gasteiger partial charge in [-0.15, -0.1) is 0 Å². The highest BCUT2D eigenvalue weighted by atomic mass is 19.1. The number of hydrogen-bond acceptors (Lipinski definition) is 7. The van der Waals surface area contributed by atoms with Gasteiger partial charge >= 0.3 is 0 Å². The third-order valence-corrected chi connectivity index (χ3v) is 5.26. The number of hydrazine groups is 1. The Labute approximate surface area is 227 Å². The van der Waals surface area contributed by atoms with Gasteiger partial charge in [0.15, 0.2) is 0 Å². The Morgan fingerprint density at radius 2 is 1.92 bits per heavy atom. The molecule has 0 fully saturated rings. The topological polar surface area (TPSA) is 148 Å². The molecule has 2 heterocycles. The zero-order valence-electron chi connectivity index (χ0n) is 22.2. The van der Waals surface area contributed by atoms with Crippen molar-refractivity contribution in [2.75, 3.05) is 11.9 Å². The summed E-state index contributed by atoms with van der Waals surface area (Å²) in [6.07, 6.45) is 2.78. The third-order valence-electron chi connectivity index (χ3n) is 5.26. The van der Waals surface area contributed by atoms with E-state index in [-0.39, 0.29) is 37.4 Å². The van der Waals surface area contributed by atoms with Gasteiger partial charge in [-0.1, -0.05) is 36.4 Å². The van der Waals surface area contributed by atoms with Crippen LogP contribution in [0.5, 0.6) is 0 Å². The number of pyridine rings is 2. The van der Waals surface area contributed by atoms with Crippen LogP contribution in [0.2, 0.25) is 0 Å². The number of nitrogens with zero attached hydrogens (tertiary/aromatic N) is 3. The quantitative estimate of drug-likeness (QED) is 0.157. The fourth-order valence-corrected chi connectivity index (χ4v) is 3.49. The van der Waals surface area contributed by atoms with E-state index in [9.17, 15) is 18.8 Å². The van der Waals surface area contributed by atoms with Crippen LogP contribution in [0, 0.1) is 6.92 Å². The number of benzene rings is 1. The number of amides is 2. The molecule has 1 atom stereocenters. The van der Waals surface area contributed by atoms with Gasteiger partial charge in [0.25, 0.3) is 5.56 Å². The summed E-state index contributed by atoms with van der Waals surface area (Å²) in [5.74, 6) is 5.45. The highest BCUT2D eigenvalue weighted by Crippen LogP contribution is 2.08. The first kappa shape index (κ1) is 30.7. The van der Waals surface area contributed by atoms with Gasteiger partial charge in [0, 0.05) is 42.1 Å². The summed E-state index contributed by atoms with van der Waals surface area (Å²) in [4.78, 5) is 38.4. The van der Waals surface area contributed by atoms with Crippen LogP contribution < -0.4 is 27.8 Å². The van der Waals surface area contributed by atoms with Gasteiger partial charge in [-0.05, 0) is 44.0 Å². The third kappa shape index (κ3) is 12.5. The first-order chi connectivity index (χ1) is 18.7. The number of nitrogens with one attached hydrogen (secondary N) is 2. The van der Waals surface area contributed by atoms with Gasteiger partial charge in [-0.2, -0.15) is 0 Å². The van der Waals surface area contributed by atoms with Gasteiger partial charge in [-0.3, -0.25) is 19.4 Å². The highest BCUT2D eigenvalue weighted by Gasteiger charge is 2.11. The fourth-order valence-electron chi connectivity index (χ4n) is 3.49. The number of anilines is 1. The number of carbonyl (C=O) groups excluding carboxylic acids is 2. The van der Waals surface area contributed by atoms with Crippen LogP contribution in [-0.2, 0) is 29.1 Å². The minimum atomic E-state index is -1.24. The molecule has 0 saturated carbocycles. The van der Waals surface area contributed by atoms with Crippen LogP contribution in [0.3, 0.4) is 0 Å². The molecule has 3 rings (SSSR count). The van der Waals surface area contributed by atoms with Crippen LogP contribution in [0.4, 0.5) is 10.1 Å². The number of rotatable bonds is 12. The molecule has 10 nitrogen and oxygen atoms in total. The molecule has 0 bridgehead atoms. The molecule has 2 amide bonds. The maximum Gasteiger partial charge on any atom is 0.252 e. The second-order valence-corrected chi connectivity index (χ2v) is 8.88. The molecule has 1 aromatic carbocycles. The lowest BCUT2D eigenvalue weighted by Gasteiger charge is -2.16. The second kappa shape index (κ2) is 16.4. The number of nitrogens with two attached hydrogens (primary N) is 2. The van der Waals surface area contributed by atoms with Crippen LogP contribution in [0.25, 0.3) is 0 Å². The van der Waals surface area contributed by atoms with Gasteiger partial charge in [-0.25, -0.2) is 10.2 Å². The van der Waals surface area contributed by atoms with E-state index in [1.54, 1.807) is 13.0 Å². The molecule has 1 unspecified atom stereocenters. The molecular weight excluding hydrogens is 501 g/mol. The Balaban J connectivity index is 0.000000404. The van der Waals surface area contributed by atoms with Crippen molar-refractivity contribution in [1.82, 2.24) is 19.9 Å². The molecule has 0 aliphatic carbocycles. The molecule has 39 heavy (non-hydrogen) atoms. The standard InChI is InChI=1S/C20H26FN5O2.C8H10N2O/c1-15(22)13-26(23)10-7-17(21)14-25-9-8-18(12-20(25)28)24-19(27)11-16-5-3-2-4-6-16;1-7-3-2-4-8(10-7)5-9-6-11/h2-6,8-9,12-13,17H,7,10-11,14,22-23H2,1H3,(H,24,27);2-4,6H,5H2,1H3,(H,9,11)/b15-13-;. The lowest BCUT2D eigenvalue weighted by atomic mass is 10.1. The Bertz CT molecular complexity index is 1280. The number of alkyl halides is 1. The van der Waals surface area contributed by atoms with E-state index < -0.39 is 6.17 Å². The lowest BCUT2D eigenvalue weighted by molar-refractivity contribution is -0.115. The largest absolute Gasteiger partial charge is 0.401 e. The highest BCUT2D eigenvalue weighted by molar-refractivity contribution is 5.92. The average molecular weight is 538 g/mol. The van der Waals surface area contributed by atoms with Crippen molar-refractivity contribution < 1.29 is 14.0 Å². The summed E-state index contributed by atoms with van der Waals surface area (Å²) in [6.45, 7) is 4.30. The number of aryl methyl sites for hydroxylation is 1. The molecule has 2 aromatic heterocycles. The van der Waals surface area contributed by atoms with Crippen LogP contribution in [0.15, 0.2) is 83.6 Å². The van der Waals surface area contributed by atoms with Gasteiger partial charge in [0.1, 0.15) is 6.17 Å². The summed E-state index contributed by atoms with van der Waals surface area (Å²) in [7, 11) is 0. The van der Waals surface area contributed by atoms with Gasteiger partial charge in [0.05, 0.1) is 25.2 Å². The predicted octanol–water partition coefficient (Wildman–Crippen LogP) is 2.39. The number of aromatic nitrogens is 2. The SMILES string of the molecule is C/C(N)=C/N(N)CCC(F)Cn1ccc(NC(=O)Cc2ccccc2)cc1=O.Cc1cccc(CNC=O)n1. The van der Waals surface area contributed by atoms with Crippen molar-refractivity contribution in [3.63, 3.8) is 0 Å². The smallest absolute Gasteiger partial charge is 0.252 e. The Morgan fingerprint density at radius 3 is 2.56 bits per heavy atom. The van der Waals surface area contributed by atoms with E-state index >= 15 is 0 Å². The first-order valence-corrected chi connectivity index (χ1v) is 12.4. The molecule has 0 radical (unpaired) electrons. The second-order valence-electron chi connectivity index (χ2n) is 8.88. The molecule has 0 spiro atoms. The van der Waals surface area contributed by atoms with Crippen molar-refractivity contribution in [3.8, 4) is 0 Å². The van der Waals surface area contributed by atoms with E-state index in [4.69, 9.17) is 11.6 Å². The molecule has 0 saturated heterocycles. The normalized spacial score (nSPS) is 11.5. The number of allylic oxidation sites excluding steroid dienone is 1. The zero-order chi connectivity index (χ0) is 28.6. The summed E-state index contributed by atoms with van der Waals surface area (Å²) >= 11 is 0.